The maximum Gasteiger partial charge on any atom is 0.283 e. The van der Waals surface area contributed by atoms with Gasteiger partial charge in [0.05, 0.1) is 16.1 Å². The minimum Gasteiger partial charge on any atom is -0.441 e. The van der Waals surface area contributed by atoms with Crippen LogP contribution >= 0.6 is 11.6 Å². The van der Waals surface area contributed by atoms with E-state index in [2.05, 4.69) is 14.7 Å². The Balaban J connectivity index is 1.34. The van der Waals surface area contributed by atoms with Crippen molar-refractivity contribution in [2.45, 2.75) is 30.6 Å². The van der Waals surface area contributed by atoms with Crippen LogP contribution in [0.25, 0.3) is 11.3 Å². The molecule has 2 aromatic carbocycles. The van der Waals surface area contributed by atoms with E-state index in [-0.39, 0.29) is 17.2 Å². The van der Waals surface area contributed by atoms with Crippen LogP contribution in [-0.2, 0) is 21.2 Å². The lowest BCUT2D eigenvalue weighted by Crippen LogP contribution is -2.20. The van der Waals surface area contributed by atoms with Gasteiger partial charge in [-0.15, -0.1) is 4.40 Å². The Labute approximate surface area is 197 Å². The van der Waals surface area contributed by atoms with E-state index < -0.39 is 10.0 Å². The van der Waals surface area contributed by atoms with Crippen molar-refractivity contribution in [3.05, 3.63) is 65.6 Å². The van der Waals surface area contributed by atoms with Crippen molar-refractivity contribution < 1.29 is 17.6 Å². The molecule has 0 saturated carbocycles. The Morgan fingerprint density at radius 2 is 1.97 bits per heavy atom. The van der Waals surface area contributed by atoms with Gasteiger partial charge >= 0.3 is 0 Å². The summed E-state index contributed by atoms with van der Waals surface area (Å²) in [5.41, 5.74) is 1.23. The fourth-order valence-corrected chi connectivity index (χ4v) is 4.79. The Morgan fingerprint density at radius 1 is 1.21 bits per heavy atom. The standard InChI is InChI=1S/C23H23ClN4O4S/c1-28-14-4-7-21(28)27-33(30,31)17-10-8-16(9-11-17)26-22(29)12-13-23-25-15-20(32-23)18-5-2-3-6-19(18)24/h2-3,5-6,8-11,15H,4,7,12-14H2,1H3,(H,26,29)/b27-21-. The molecule has 2 heterocycles. The van der Waals surface area contributed by atoms with Crippen LogP contribution in [-0.4, -0.2) is 43.6 Å². The second-order valence-electron chi connectivity index (χ2n) is 7.68. The van der Waals surface area contributed by atoms with Gasteiger partial charge in [0, 0.05) is 44.1 Å². The van der Waals surface area contributed by atoms with Gasteiger partial charge in [-0.25, -0.2) is 4.98 Å². The number of carbonyl (C=O) groups is 1. The topological polar surface area (TPSA) is 105 Å². The maximum absolute atomic E-state index is 12.5. The molecule has 1 fully saturated rings. The molecular formula is C23H23ClN4O4S. The number of anilines is 1. The number of amides is 1. The first kappa shape index (κ1) is 23.0. The zero-order valence-electron chi connectivity index (χ0n) is 18.0. The fourth-order valence-electron chi connectivity index (χ4n) is 3.47. The number of nitrogens with zero attached hydrogens (tertiary/aromatic N) is 3. The number of aromatic nitrogens is 1. The Bertz CT molecular complexity index is 1290. The first-order chi connectivity index (χ1) is 15.8. The summed E-state index contributed by atoms with van der Waals surface area (Å²) in [6.45, 7) is 0.800. The Hall–Kier alpha value is -3.17. The zero-order chi connectivity index (χ0) is 23.4. The summed E-state index contributed by atoms with van der Waals surface area (Å²) in [6.07, 6.45) is 3.59. The van der Waals surface area contributed by atoms with Crippen molar-refractivity contribution in [3.63, 3.8) is 0 Å². The molecule has 8 nitrogen and oxygen atoms in total. The van der Waals surface area contributed by atoms with Crippen molar-refractivity contribution in [1.82, 2.24) is 9.88 Å². The SMILES string of the molecule is CN1CCC/C1=N/S(=O)(=O)c1ccc(NC(=O)CCc2ncc(-c3ccccc3Cl)o2)cc1. The molecule has 0 aliphatic carbocycles. The third-order valence-electron chi connectivity index (χ3n) is 5.25. The summed E-state index contributed by atoms with van der Waals surface area (Å²) < 4.78 is 34.7. The minimum atomic E-state index is -3.79. The van der Waals surface area contributed by atoms with Gasteiger partial charge in [-0.05, 0) is 42.8 Å². The molecular weight excluding hydrogens is 464 g/mol. The molecule has 1 saturated heterocycles. The predicted molar refractivity (Wildman–Crippen MR) is 127 cm³/mol. The summed E-state index contributed by atoms with van der Waals surface area (Å²) in [6, 6.07) is 13.3. The lowest BCUT2D eigenvalue weighted by atomic mass is 10.2. The number of rotatable bonds is 7. The van der Waals surface area contributed by atoms with Gasteiger partial charge in [0.1, 0.15) is 5.84 Å². The van der Waals surface area contributed by atoms with Gasteiger partial charge in [-0.3, -0.25) is 4.79 Å². The molecule has 0 atom stereocenters. The van der Waals surface area contributed by atoms with Crippen LogP contribution in [0.15, 0.2) is 68.4 Å². The molecule has 0 radical (unpaired) electrons. The lowest BCUT2D eigenvalue weighted by molar-refractivity contribution is -0.116. The number of aryl methyl sites for hydroxylation is 1. The van der Waals surface area contributed by atoms with E-state index in [0.29, 0.717) is 41.0 Å². The predicted octanol–water partition coefficient (Wildman–Crippen LogP) is 4.38. The Kier molecular flexibility index (Phi) is 6.80. The number of nitrogens with one attached hydrogen (secondary N) is 1. The van der Waals surface area contributed by atoms with Crippen LogP contribution in [0.2, 0.25) is 5.02 Å². The van der Waals surface area contributed by atoms with Crippen LogP contribution < -0.4 is 5.32 Å². The van der Waals surface area contributed by atoms with Crippen LogP contribution in [0.3, 0.4) is 0 Å². The molecule has 1 amide bonds. The van der Waals surface area contributed by atoms with E-state index in [9.17, 15) is 13.2 Å². The highest BCUT2D eigenvalue weighted by atomic mass is 35.5. The fraction of sp³-hybridized carbons (Fsp3) is 0.261. The van der Waals surface area contributed by atoms with E-state index in [1.165, 1.54) is 12.1 Å². The Morgan fingerprint density at radius 3 is 2.67 bits per heavy atom. The molecule has 4 rings (SSSR count). The van der Waals surface area contributed by atoms with Gasteiger partial charge < -0.3 is 14.6 Å². The number of oxazole rings is 1. The van der Waals surface area contributed by atoms with Gasteiger partial charge in [0.15, 0.2) is 11.7 Å². The van der Waals surface area contributed by atoms with Crippen molar-refractivity contribution in [2.75, 3.05) is 18.9 Å². The van der Waals surface area contributed by atoms with Crippen LogP contribution in [0.4, 0.5) is 5.69 Å². The van der Waals surface area contributed by atoms with Gasteiger partial charge in [-0.1, -0.05) is 23.7 Å². The molecule has 1 N–H and O–H groups in total. The normalized spacial score (nSPS) is 15.2. The number of hydrogen-bond donors (Lipinski definition) is 1. The molecule has 33 heavy (non-hydrogen) atoms. The number of hydrogen-bond acceptors (Lipinski definition) is 5. The second kappa shape index (κ2) is 9.76. The maximum atomic E-state index is 12.5. The summed E-state index contributed by atoms with van der Waals surface area (Å²) in [4.78, 5) is 18.5. The van der Waals surface area contributed by atoms with Crippen LogP contribution in [0.1, 0.15) is 25.2 Å². The monoisotopic (exact) mass is 486 g/mol. The highest BCUT2D eigenvalue weighted by molar-refractivity contribution is 7.90. The van der Waals surface area contributed by atoms with E-state index in [4.69, 9.17) is 16.0 Å². The molecule has 1 aromatic heterocycles. The second-order valence-corrected chi connectivity index (χ2v) is 9.69. The molecule has 172 valence electrons. The van der Waals surface area contributed by atoms with Gasteiger partial charge in [0.25, 0.3) is 10.0 Å². The smallest absolute Gasteiger partial charge is 0.283 e. The number of sulfonamides is 1. The van der Waals surface area contributed by atoms with Gasteiger partial charge in [0.2, 0.25) is 5.91 Å². The number of carbonyl (C=O) groups excluding carboxylic acids is 1. The summed E-state index contributed by atoms with van der Waals surface area (Å²) in [5.74, 6) is 1.30. The first-order valence-electron chi connectivity index (χ1n) is 10.5. The lowest BCUT2D eigenvalue weighted by Gasteiger charge is -2.11. The van der Waals surface area contributed by atoms with Crippen LogP contribution in [0, 0.1) is 0 Å². The third-order valence-corrected chi connectivity index (χ3v) is 6.90. The molecule has 1 aliphatic rings. The molecule has 0 spiro atoms. The third kappa shape index (κ3) is 5.61. The number of benzene rings is 2. The minimum absolute atomic E-state index is 0.0835. The van der Waals surface area contributed by atoms with E-state index >= 15 is 0 Å². The number of amidine groups is 1. The first-order valence-corrected chi connectivity index (χ1v) is 12.3. The number of halogens is 1. The van der Waals surface area contributed by atoms with E-state index in [1.807, 2.05) is 30.1 Å². The largest absolute Gasteiger partial charge is 0.441 e. The molecule has 1 aliphatic heterocycles. The van der Waals surface area contributed by atoms with E-state index in [1.54, 1.807) is 24.4 Å². The average Bonchev–Trinajstić information content (AvgIpc) is 3.42. The molecule has 0 unspecified atom stereocenters. The van der Waals surface area contributed by atoms with E-state index in [0.717, 1.165) is 18.5 Å². The number of likely N-dealkylation sites (tertiary alicyclic amines) is 1. The van der Waals surface area contributed by atoms with Crippen molar-refractivity contribution in [3.8, 4) is 11.3 Å². The van der Waals surface area contributed by atoms with Gasteiger partial charge in [-0.2, -0.15) is 8.42 Å². The summed E-state index contributed by atoms with van der Waals surface area (Å²) in [5, 5.41) is 3.31. The average molecular weight is 487 g/mol. The van der Waals surface area contributed by atoms with Crippen LogP contribution in [0.5, 0.6) is 0 Å². The van der Waals surface area contributed by atoms with Crippen molar-refractivity contribution in [2.24, 2.45) is 4.40 Å². The van der Waals surface area contributed by atoms with Crippen molar-refractivity contribution in [1.29, 1.82) is 0 Å². The highest BCUT2D eigenvalue weighted by Crippen LogP contribution is 2.28. The quantitative estimate of drug-likeness (QED) is 0.531. The zero-order valence-corrected chi connectivity index (χ0v) is 19.6. The molecule has 0 bridgehead atoms. The summed E-state index contributed by atoms with van der Waals surface area (Å²) in [7, 11) is -1.96. The summed E-state index contributed by atoms with van der Waals surface area (Å²) >= 11 is 6.17. The highest BCUT2D eigenvalue weighted by Gasteiger charge is 2.20. The van der Waals surface area contributed by atoms with Crippen molar-refractivity contribution >= 4 is 39.1 Å². The molecule has 10 heteroatoms. The molecule has 3 aromatic rings.